The number of nitrogens with zero attached hydrogens (tertiary/aromatic N) is 1. The van der Waals surface area contributed by atoms with Crippen LogP contribution in [0.2, 0.25) is 0 Å². The summed E-state index contributed by atoms with van der Waals surface area (Å²) in [5.41, 5.74) is 0. The minimum Gasteiger partial charge on any atom is -0.480 e. The molecule has 1 aliphatic carbocycles. The Morgan fingerprint density at radius 1 is 1.38 bits per heavy atom. The molecule has 1 rings (SSSR count). The van der Waals surface area contributed by atoms with Gasteiger partial charge in [0.2, 0.25) is 5.91 Å². The highest BCUT2D eigenvalue weighted by Crippen LogP contribution is 2.27. The second-order valence-corrected chi connectivity index (χ2v) is 4.31. The van der Waals surface area contributed by atoms with E-state index in [1.54, 1.807) is 6.08 Å². The van der Waals surface area contributed by atoms with Crippen LogP contribution in [0.15, 0.2) is 12.7 Å². The van der Waals surface area contributed by atoms with Crippen molar-refractivity contribution in [3.05, 3.63) is 12.7 Å². The van der Waals surface area contributed by atoms with Crippen molar-refractivity contribution < 1.29 is 14.7 Å². The van der Waals surface area contributed by atoms with Gasteiger partial charge in [0.1, 0.15) is 6.54 Å². The summed E-state index contributed by atoms with van der Waals surface area (Å²) in [5.74, 6) is -0.579. The molecule has 0 aromatic rings. The fraction of sp³-hybridized carbons (Fsp3) is 0.667. The Kier molecular flexibility index (Phi) is 5.02. The van der Waals surface area contributed by atoms with Crippen LogP contribution in [0, 0.1) is 5.92 Å². The molecule has 0 radical (unpaired) electrons. The number of carboxylic acid groups (broad SMARTS) is 1. The quantitative estimate of drug-likeness (QED) is 0.699. The second kappa shape index (κ2) is 6.30. The minimum absolute atomic E-state index is 0.0609. The van der Waals surface area contributed by atoms with Gasteiger partial charge < -0.3 is 10.0 Å². The summed E-state index contributed by atoms with van der Waals surface area (Å²) in [6.45, 7) is 3.63. The highest BCUT2D eigenvalue weighted by molar-refractivity contribution is 5.81. The number of carboxylic acids is 1. The largest absolute Gasteiger partial charge is 0.480 e. The summed E-state index contributed by atoms with van der Waals surface area (Å²) in [6, 6.07) is 0. The van der Waals surface area contributed by atoms with Crippen molar-refractivity contribution in [1.82, 2.24) is 4.90 Å². The summed E-state index contributed by atoms with van der Waals surface area (Å²) in [6.07, 6.45) is 6.63. The van der Waals surface area contributed by atoms with Gasteiger partial charge in [0, 0.05) is 13.0 Å². The van der Waals surface area contributed by atoms with Crippen LogP contribution in [0.3, 0.4) is 0 Å². The Morgan fingerprint density at radius 2 is 2.00 bits per heavy atom. The third-order valence-corrected chi connectivity index (χ3v) is 2.97. The van der Waals surface area contributed by atoms with E-state index in [1.165, 1.54) is 17.7 Å². The lowest BCUT2D eigenvalue weighted by Crippen LogP contribution is -2.36. The minimum atomic E-state index is -0.971. The first-order valence-corrected chi connectivity index (χ1v) is 5.74. The van der Waals surface area contributed by atoms with Crippen molar-refractivity contribution in [2.24, 2.45) is 5.92 Å². The predicted molar refractivity (Wildman–Crippen MR) is 61.0 cm³/mol. The summed E-state index contributed by atoms with van der Waals surface area (Å²) in [7, 11) is 0. The van der Waals surface area contributed by atoms with Crippen molar-refractivity contribution in [2.75, 3.05) is 13.1 Å². The smallest absolute Gasteiger partial charge is 0.323 e. The second-order valence-electron chi connectivity index (χ2n) is 4.31. The third kappa shape index (κ3) is 4.04. The van der Waals surface area contributed by atoms with E-state index in [4.69, 9.17) is 5.11 Å². The summed E-state index contributed by atoms with van der Waals surface area (Å²) < 4.78 is 0. The van der Waals surface area contributed by atoms with Gasteiger partial charge in [-0.1, -0.05) is 18.9 Å². The van der Waals surface area contributed by atoms with Crippen LogP contribution >= 0.6 is 0 Å². The maximum absolute atomic E-state index is 11.8. The van der Waals surface area contributed by atoms with Gasteiger partial charge in [-0.05, 0) is 18.8 Å². The van der Waals surface area contributed by atoms with E-state index in [1.807, 2.05) is 0 Å². The first-order chi connectivity index (χ1) is 7.63. The molecule has 4 heteroatoms. The lowest BCUT2D eigenvalue weighted by molar-refractivity contribution is -0.144. The topological polar surface area (TPSA) is 57.6 Å². The Bertz CT molecular complexity index is 269. The molecule has 0 bridgehead atoms. The highest BCUT2D eigenvalue weighted by Gasteiger charge is 2.22. The molecule has 0 heterocycles. The molecule has 4 nitrogen and oxygen atoms in total. The van der Waals surface area contributed by atoms with Crippen LogP contribution in [0.25, 0.3) is 0 Å². The van der Waals surface area contributed by atoms with E-state index in [0.717, 1.165) is 12.8 Å². The van der Waals surface area contributed by atoms with Crippen LogP contribution < -0.4 is 0 Å². The fourth-order valence-electron chi connectivity index (χ4n) is 2.16. The van der Waals surface area contributed by atoms with Crippen molar-refractivity contribution in [2.45, 2.75) is 32.1 Å². The first kappa shape index (κ1) is 12.7. The van der Waals surface area contributed by atoms with E-state index in [9.17, 15) is 9.59 Å². The molecule has 1 aliphatic rings. The van der Waals surface area contributed by atoms with Crippen LogP contribution in [-0.2, 0) is 9.59 Å². The van der Waals surface area contributed by atoms with E-state index in [2.05, 4.69) is 6.58 Å². The maximum Gasteiger partial charge on any atom is 0.323 e. The van der Waals surface area contributed by atoms with Gasteiger partial charge in [-0.2, -0.15) is 0 Å². The molecule has 0 aromatic carbocycles. The molecule has 0 aliphatic heterocycles. The van der Waals surface area contributed by atoms with Crippen molar-refractivity contribution >= 4 is 11.9 Å². The van der Waals surface area contributed by atoms with Gasteiger partial charge in [0.05, 0.1) is 0 Å². The molecule has 0 aromatic heterocycles. The van der Waals surface area contributed by atoms with Crippen molar-refractivity contribution in [3.8, 4) is 0 Å². The van der Waals surface area contributed by atoms with Crippen molar-refractivity contribution in [3.63, 3.8) is 0 Å². The molecular formula is C12H19NO3. The lowest BCUT2D eigenvalue weighted by Gasteiger charge is -2.20. The fourth-order valence-corrected chi connectivity index (χ4v) is 2.16. The number of carbonyl (C=O) groups excluding carboxylic acids is 1. The van der Waals surface area contributed by atoms with Gasteiger partial charge in [-0.3, -0.25) is 9.59 Å². The number of aliphatic carboxylic acids is 1. The van der Waals surface area contributed by atoms with Crippen LogP contribution in [0.5, 0.6) is 0 Å². The molecule has 1 N–H and O–H groups in total. The zero-order valence-corrected chi connectivity index (χ0v) is 9.52. The standard InChI is InChI=1S/C12H19NO3/c1-2-7-13(9-12(15)16)11(14)8-10-5-3-4-6-10/h2,10H,1,3-9H2,(H,15,16). The molecule has 16 heavy (non-hydrogen) atoms. The zero-order chi connectivity index (χ0) is 12.0. The predicted octanol–water partition coefficient (Wildman–Crippen LogP) is 1.67. The normalized spacial score (nSPS) is 16.0. The number of amides is 1. The van der Waals surface area contributed by atoms with Crippen LogP contribution in [0.4, 0.5) is 0 Å². The number of carbonyl (C=O) groups is 2. The molecule has 0 unspecified atom stereocenters. The van der Waals surface area contributed by atoms with E-state index >= 15 is 0 Å². The Labute approximate surface area is 95.9 Å². The molecule has 0 atom stereocenters. The molecule has 1 saturated carbocycles. The monoisotopic (exact) mass is 225 g/mol. The van der Waals surface area contributed by atoms with Gasteiger partial charge in [-0.25, -0.2) is 0 Å². The van der Waals surface area contributed by atoms with E-state index < -0.39 is 5.97 Å². The molecule has 1 fully saturated rings. The van der Waals surface area contributed by atoms with Crippen LogP contribution in [-0.4, -0.2) is 35.0 Å². The summed E-state index contributed by atoms with van der Waals surface area (Å²) in [4.78, 5) is 23.8. The average molecular weight is 225 g/mol. The highest BCUT2D eigenvalue weighted by atomic mass is 16.4. The Balaban J connectivity index is 2.45. The zero-order valence-electron chi connectivity index (χ0n) is 9.52. The number of hydrogen-bond donors (Lipinski definition) is 1. The average Bonchev–Trinajstić information content (AvgIpc) is 2.69. The van der Waals surface area contributed by atoms with Gasteiger partial charge in [0.15, 0.2) is 0 Å². The van der Waals surface area contributed by atoms with E-state index in [0.29, 0.717) is 18.9 Å². The summed E-state index contributed by atoms with van der Waals surface area (Å²) in [5, 5.41) is 8.69. The van der Waals surface area contributed by atoms with Gasteiger partial charge in [0.25, 0.3) is 0 Å². The maximum atomic E-state index is 11.8. The molecule has 90 valence electrons. The molecule has 0 spiro atoms. The number of hydrogen-bond acceptors (Lipinski definition) is 2. The first-order valence-electron chi connectivity index (χ1n) is 5.74. The summed E-state index contributed by atoms with van der Waals surface area (Å²) >= 11 is 0. The van der Waals surface area contributed by atoms with Crippen LogP contribution in [0.1, 0.15) is 32.1 Å². The molecule has 0 saturated heterocycles. The van der Waals surface area contributed by atoms with Gasteiger partial charge in [-0.15, -0.1) is 6.58 Å². The molecular weight excluding hydrogens is 206 g/mol. The Morgan fingerprint density at radius 3 is 2.50 bits per heavy atom. The third-order valence-electron chi connectivity index (χ3n) is 2.97. The Hall–Kier alpha value is -1.32. The van der Waals surface area contributed by atoms with Gasteiger partial charge >= 0.3 is 5.97 Å². The van der Waals surface area contributed by atoms with Crippen molar-refractivity contribution in [1.29, 1.82) is 0 Å². The lowest BCUT2D eigenvalue weighted by atomic mass is 10.0. The van der Waals surface area contributed by atoms with E-state index in [-0.39, 0.29) is 12.5 Å². The SMILES string of the molecule is C=CCN(CC(=O)O)C(=O)CC1CCCC1. The molecule has 1 amide bonds. The number of rotatable bonds is 6.